The van der Waals surface area contributed by atoms with Crippen LogP contribution in [0.5, 0.6) is 0 Å². The number of allylic oxidation sites excluding steroid dienone is 2. The van der Waals surface area contributed by atoms with E-state index in [1.165, 1.54) is 20.3 Å². The Hall–Kier alpha value is -0.200. The number of hydrogen-bond acceptors (Lipinski definition) is 3. The van der Waals surface area contributed by atoms with Crippen molar-refractivity contribution in [2.24, 2.45) is 0 Å². The summed E-state index contributed by atoms with van der Waals surface area (Å²) in [5, 5.41) is 0. The van der Waals surface area contributed by atoms with E-state index >= 15 is 0 Å². The maximum atomic E-state index is 11.0. The van der Waals surface area contributed by atoms with Gasteiger partial charge in [-0.25, -0.2) is 0 Å². The molecule has 0 aromatic carbocycles. The van der Waals surface area contributed by atoms with Crippen LogP contribution in [-0.2, 0) is 14.3 Å². The van der Waals surface area contributed by atoms with Gasteiger partial charge in [-0.2, -0.15) is 0 Å². The lowest BCUT2D eigenvalue weighted by atomic mass is 10.1. The van der Waals surface area contributed by atoms with E-state index in [4.69, 9.17) is 9.47 Å². The summed E-state index contributed by atoms with van der Waals surface area (Å²) in [6.07, 6.45) is 4.70. The number of ketones is 1. The predicted octanol–water partition coefficient (Wildman–Crippen LogP) is 1.43. The summed E-state index contributed by atoms with van der Waals surface area (Å²) in [5.41, 5.74) is 0. The maximum Gasteiger partial charge on any atom is 0.209 e. The minimum Gasteiger partial charge on any atom is -0.346 e. The van der Waals surface area contributed by atoms with Gasteiger partial charge in [0.15, 0.2) is 5.78 Å². The Bertz CT molecular complexity index is 251. The molecule has 1 rings (SSSR count). The standard InChI is InChI=1S/C8H9IO3/c1-11-8(12-2)4-3-7(10)6(9)5-8/h3-5H,1-2H3. The molecule has 0 saturated carbocycles. The van der Waals surface area contributed by atoms with Crippen LogP contribution in [0.1, 0.15) is 0 Å². The molecule has 1 aliphatic carbocycles. The number of carbonyl (C=O) groups excluding carboxylic acids is 1. The lowest BCUT2D eigenvalue weighted by molar-refractivity contribution is -0.136. The van der Waals surface area contributed by atoms with Crippen molar-refractivity contribution in [3.8, 4) is 0 Å². The van der Waals surface area contributed by atoms with Crippen LogP contribution in [0, 0.1) is 0 Å². The smallest absolute Gasteiger partial charge is 0.209 e. The molecule has 0 aromatic rings. The van der Waals surface area contributed by atoms with Gasteiger partial charge in [0, 0.05) is 14.2 Å². The first-order valence-corrected chi connectivity index (χ1v) is 4.43. The highest BCUT2D eigenvalue weighted by molar-refractivity contribution is 14.1. The van der Waals surface area contributed by atoms with Crippen molar-refractivity contribution in [3.63, 3.8) is 0 Å². The van der Waals surface area contributed by atoms with Crippen molar-refractivity contribution in [1.29, 1.82) is 0 Å². The van der Waals surface area contributed by atoms with Gasteiger partial charge in [0.25, 0.3) is 0 Å². The molecule has 4 heteroatoms. The molecular formula is C8H9IO3. The summed E-state index contributed by atoms with van der Waals surface area (Å²) in [5.74, 6) is -0.870. The van der Waals surface area contributed by atoms with Gasteiger partial charge in [-0.15, -0.1) is 0 Å². The molecule has 0 aromatic heterocycles. The second kappa shape index (κ2) is 3.68. The average molecular weight is 280 g/mol. The molecule has 0 fully saturated rings. The summed E-state index contributed by atoms with van der Waals surface area (Å²) in [4.78, 5) is 11.0. The molecule has 0 aliphatic heterocycles. The molecule has 0 bridgehead atoms. The maximum absolute atomic E-state index is 11.0. The molecule has 3 nitrogen and oxygen atoms in total. The van der Waals surface area contributed by atoms with Crippen LogP contribution >= 0.6 is 22.6 Å². The number of carbonyl (C=O) groups is 1. The van der Waals surface area contributed by atoms with Crippen molar-refractivity contribution in [1.82, 2.24) is 0 Å². The molecule has 12 heavy (non-hydrogen) atoms. The van der Waals surface area contributed by atoms with Crippen molar-refractivity contribution >= 4 is 28.4 Å². The van der Waals surface area contributed by atoms with Gasteiger partial charge in [-0.05, 0) is 40.8 Å². The first-order valence-electron chi connectivity index (χ1n) is 3.36. The molecule has 0 unspecified atom stereocenters. The molecule has 1 aliphatic rings. The summed E-state index contributed by atoms with van der Waals surface area (Å²) in [6, 6.07) is 0. The van der Waals surface area contributed by atoms with Crippen molar-refractivity contribution < 1.29 is 14.3 Å². The normalized spacial score (nSPS) is 20.9. The Morgan fingerprint density at radius 1 is 1.42 bits per heavy atom. The minimum atomic E-state index is -0.857. The lowest BCUT2D eigenvalue weighted by Gasteiger charge is -2.26. The Morgan fingerprint density at radius 2 is 2.00 bits per heavy atom. The highest BCUT2D eigenvalue weighted by atomic mass is 127. The zero-order valence-corrected chi connectivity index (χ0v) is 8.99. The fourth-order valence-electron chi connectivity index (χ4n) is 0.905. The van der Waals surface area contributed by atoms with E-state index < -0.39 is 5.79 Å². The van der Waals surface area contributed by atoms with Gasteiger partial charge >= 0.3 is 0 Å². The van der Waals surface area contributed by atoms with Gasteiger partial charge < -0.3 is 9.47 Å². The summed E-state index contributed by atoms with van der Waals surface area (Å²) in [7, 11) is 3.06. The molecular weight excluding hydrogens is 271 g/mol. The highest BCUT2D eigenvalue weighted by Crippen LogP contribution is 2.25. The van der Waals surface area contributed by atoms with Gasteiger partial charge in [-0.3, -0.25) is 4.79 Å². The Labute approximate surface area is 84.6 Å². The van der Waals surface area contributed by atoms with E-state index in [0.29, 0.717) is 3.58 Å². The van der Waals surface area contributed by atoms with Gasteiger partial charge in [0.1, 0.15) is 0 Å². The van der Waals surface area contributed by atoms with E-state index in [0.717, 1.165) is 0 Å². The average Bonchev–Trinajstić information content (AvgIpc) is 2.10. The first kappa shape index (κ1) is 9.88. The number of hydrogen-bond donors (Lipinski definition) is 0. The Morgan fingerprint density at radius 3 is 2.42 bits per heavy atom. The van der Waals surface area contributed by atoms with E-state index in [-0.39, 0.29) is 5.78 Å². The molecule has 0 amide bonds. The van der Waals surface area contributed by atoms with Crippen molar-refractivity contribution in [2.45, 2.75) is 5.79 Å². The Balaban J connectivity index is 2.96. The van der Waals surface area contributed by atoms with E-state index in [1.807, 2.05) is 22.6 Å². The molecule has 0 atom stereocenters. The van der Waals surface area contributed by atoms with Crippen LogP contribution in [0.2, 0.25) is 0 Å². The van der Waals surface area contributed by atoms with Crippen LogP contribution in [0.15, 0.2) is 21.8 Å². The zero-order valence-electron chi connectivity index (χ0n) is 6.83. The van der Waals surface area contributed by atoms with Crippen LogP contribution < -0.4 is 0 Å². The molecule has 0 saturated heterocycles. The van der Waals surface area contributed by atoms with Gasteiger partial charge in [-0.1, -0.05) is 0 Å². The minimum absolute atomic E-state index is 0.0136. The van der Waals surface area contributed by atoms with E-state index in [1.54, 1.807) is 12.2 Å². The summed E-state index contributed by atoms with van der Waals surface area (Å²) < 4.78 is 10.8. The van der Waals surface area contributed by atoms with Crippen molar-refractivity contribution in [3.05, 3.63) is 21.8 Å². The number of halogens is 1. The van der Waals surface area contributed by atoms with Crippen LogP contribution in [0.25, 0.3) is 0 Å². The highest BCUT2D eigenvalue weighted by Gasteiger charge is 2.28. The fourth-order valence-corrected chi connectivity index (χ4v) is 1.52. The number of methoxy groups -OCH3 is 2. The predicted molar refractivity (Wildman–Crippen MR) is 53.0 cm³/mol. The van der Waals surface area contributed by atoms with Crippen LogP contribution in [-0.4, -0.2) is 25.8 Å². The van der Waals surface area contributed by atoms with E-state index in [2.05, 4.69) is 0 Å². The second-order valence-electron chi connectivity index (χ2n) is 2.32. The molecule has 0 spiro atoms. The quantitative estimate of drug-likeness (QED) is 0.567. The largest absolute Gasteiger partial charge is 0.346 e. The summed E-state index contributed by atoms with van der Waals surface area (Å²) >= 11 is 1.95. The monoisotopic (exact) mass is 280 g/mol. The molecule has 66 valence electrons. The second-order valence-corrected chi connectivity index (χ2v) is 3.48. The van der Waals surface area contributed by atoms with Crippen LogP contribution in [0.4, 0.5) is 0 Å². The third-order valence-corrected chi connectivity index (χ3v) is 2.51. The summed E-state index contributed by atoms with van der Waals surface area (Å²) in [6.45, 7) is 0. The van der Waals surface area contributed by atoms with Gasteiger partial charge in [0.2, 0.25) is 5.79 Å². The molecule has 0 N–H and O–H groups in total. The third-order valence-electron chi connectivity index (χ3n) is 1.67. The Kier molecular flexibility index (Phi) is 3.03. The molecule has 0 radical (unpaired) electrons. The first-order chi connectivity index (χ1) is 5.63. The zero-order chi connectivity index (χ0) is 9.19. The fraction of sp³-hybridized carbons (Fsp3) is 0.375. The SMILES string of the molecule is COC1(OC)C=CC(=O)C(I)=C1. The number of rotatable bonds is 2. The van der Waals surface area contributed by atoms with E-state index in [9.17, 15) is 4.79 Å². The molecule has 0 heterocycles. The van der Waals surface area contributed by atoms with Crippen molar-refractivity contribution in [2.75, 3.05) is 14.2 Å². The van der Waals surface area contributed by atoms with Gasteiger partial charge in [0.05, 0.1) is 3.58 Å². The third kappa shape index (κ3) is 1.75. The number of ether oxygens (including phenoxy) is 2. The van der Waals surface area contributed by atoms with Crippen LogP contribution in [0.3, 0.4) is 0 Å². The lowest BCUT2D eigenvalue weighted by Crippen LogP contribution is -2.31. The topological polar surface area (TPSA) is 35.5 Å².